The quantitative estimate of drug-likeness (QED) is 0.732. The number of piperidine rings is 3. The van der Waals surface area contributed by atoms with Gasteiger partial charge >= 0.3 is 5.97 Å². The van der Waals surface area contributed by atoms with Crippen LogP contribution < -0.4 is 0 Å². The number of rotatable bonds is 5. The minimum absolute atomic E-state index is 0.314. The molecule has 1 aromatic rings. The maximum atomic E-state index is 13.1. The average molecular weight is 413 g/mol. The van der Waals surface area contributed by atoms with Gasteiger partial charge in [0.1, 0.15) is 0 Å². The molecule has 4 aliphatic heterocycles. The summed E-state index contributed by atoms with van der Waals surface area (Å²) in [6, 6.07) is 6.87. The van der Waals surface area contributed by atoms with Gasteiger partial charge in [0.15, 0.2) is 0 Å². The number of fused-ring (bicyclic) bond motifs is 3. The number of aliphatic carboxylic acids is 1. The number of carbonyl (C=O) groups is 2. The molecule has 0 unspecified atom stereocenters. The number of nitrogens with zero attached hydrogens (tertiary/aromatic N) is 2. The van der Waals surface area contributed by atoms with Crippen LogP contribution in [0.4, 0.5) is 0 Å². The Morgan fingerprint density at radius 3 is 2.60 bits per heavy atom. The molecule has 3 saturated heterocycles. The number of amides is 1. The fourth-order valence-electron chi connectivity index (χ4n) is 5.94. The predicted octanol–water partition coefficient (Wildman–Crippen LogP) is 4.31. The van der Waals surface area contributed by atoms with Gasteiger partial charge in [0, 0.05) is 37.0 Å². The highest BCUT2D eigenvalue weighted by Gasteiger charge is 2.43. The van der Waals surface area contributed by atoms with Crippen LogP contribution in [0.15, 0.2) is 18.2 Å². The molecule has 2 bridgehead atoms. The van der Waals surface area contributed by atoms with Crippen LogP contribution in [0.25, 0.3) is 0 Å². The fourth-order valence-corrected chi connectivity index (χ4v) is 5.94. The second kappa shape index (κ2) is 9.51. The molecular weight excluding hydrogens is 376 g/mol. The number of hydrogen-bond donors (Lipinski definition) is 1. The van der Waals surface area contributed by atoms with Gasteiger partial charge in [-0.25, -0.2) is 0 Å². The van der Waals surface area contributed by atoms with E-state index in [0.717, 1.165) is 50.3 Å². The first kappa shape index (κ1) is 21.4. The van der Waals surface area contributed by atoms with Crippen LogP contribution in [0.1, 0.15) is 85.7 Å². The zero-order chi connectivity index (χ0) is 21.1. The monoisotopic (exact) mass is 412 g/mol. The van der Waals surface area contributed by atoms with Crippen LogP contribution in [0.5, 0.6) is 0 Å². The van der Waals surface area contributed by atoms with Crippen molar-refractivity contribution in [1.82, 2.24) is 9.80 Å². The van der Waals surface area contributed by atoms with Crippen molar-refractivity contribution in [3.05, 3.63) is 34.9 Å². The normalized spacial score (nSPS) is 29.1. The first-order chi connectivity index (χ1) is 14.6. The Morgan fingerprint density at radius 2 is 1.93 bits per heavy atom. The predicted molar refractivity (Wildman–Crippen MR) is 118 cm³/mol. The van der Waals surface area contributed by atoms with Gasteiger partial charge in [0.2, 0.25) is 0 Å². The molecule has 4 heterocycles. The number of carboxylic acid groups (broad SMARTS) is 1. The van der Waals surface area contributed by atoms with Gasteiger partial charge in [-0.2, -0.15) is 0 Å². The molecule has 5 heteroatoms. The van der Waals surface area contributed by atoms with E-state index in [1.54, 1.807) is 0 Å². The van der Waals surface area contributed by atoms with Crippen molar-refractivity contribution in [2.45, 2.75) is 76.7 Å². The second-order valence-corrected chi connectivity index (χ2v) is 9.48. The van der Waals surface area contributed by atoms with Crippen LogP contribution in [-0.4, -0.2) is 59.0 Å². The van der Waals surface area contributed by atoms with Crippen LogP contribution in [0, 0.1) is 5.92 Å². The summed E-state index contributed by atoms with van der Waals surface area (Å²) in [6.45, 7) is 6.62. The Bertz CT molecular complexity index is 770. The van der Waals surface area contributed by atoms with Crippen molar-refractivity contribution in [2.75, 3.05) is 26.2 Å². The number of hydrogen-bond acceptors (Lipinski definition) is 3. The number of unbranched alkanes of at least 4 members (excludes halogenated alkanes) is 2. The smallest absolute Gasteiger partial charge is 0.303 e. The molecule has 1 aliphatic carbocycles. The third-order valence-corrected chi connectivity index (χ3v) is 7.53. The SMILES string of the molecule is CCCCCC(=O)O.O=C1c2cccc3c2[C@H](CCC3)CN1[C@@H]1CN2CCC1CC2. The lowest BCUT2D eigenvalue weighted by Gasteiger charge is -2.51. The van der Waals surface area contributed by atoms with E-state index < -0.39 is 5.97 Å². The molecule has 30 heavy (non-hydrogen) atoms. The Morgan fingerprint density at radius 1 is 1.13 bits per heavy atom. The molecule has 0 radical (unpaired) electrons. The Balaban J connectivity index is 0.000000235. The summed E-state index contributed by atoms with van der Waals surface area (Å²) in [7, 11) is 0. The zero-order valence-corrected chi connectivity index (χ0v) is 18.3. The zero-order valence-electron chi connectivity index (χ0n) is 18.3. The van der Waals surface area contributed by atoms with Gasteiger partial charge in [0.05, 0.1) is 0 Å². The highest BCUT2D eigenvalue weighted by atomic mass is 16.4. The molecule has 6 rings (SSSR count). The third-order valence-electron chi connectivity index (χ3n) is 7.53. The van der Waals surface area contributed by atoms with E-state index in [4.69, 9.17) is 5.11 Å². The molecule has 0 aromatic heterocycles. The summed E-state index contributed by atoms with van der Waals surface area (Å²) >= 11 is 0. The first-order valence-corrected chi connectivity index (χ1v) is 12.0. The van der Waals surface area contributed by atoms with Crippen molar-refractivity contribution in [2.24, 2.45) is 5.92 Å². The fraction of sp³-hybridized carbons (Fsp3) is 0.680. The van der Waals surface area contributed by atoms with E-state index in [0.29, 0.717) is 24.3 Å². The van der Waals surface area contributed by atoms with Crippen molar-refractivity contribution in [3.63, 3.8) is 0 Å². The summed E-state index contributed by atoms with van der Waals surface area (Å²) in [6.07, 6.45) is 9.54. The van der Waals surface area contributed by atoms with Crippen LogP contribution >= 0.6 is 0 Å². The summed E-state index contributed by atoms with van der Waals surface area (Å²) < 4.78 is 0. The lowest BCUT2D eigenvalue weighted by molar-refractivity contribution is -0.137. The minimum Gasteiger partial charge on any atom is -0.481 e. The van der Waals surface area contributed by atoms with Crippen molar-refractivity contribution in [3.8, 4) is 0 Å². The van der Waals surface area contributed by atoms with E-state index in [1.807, 2.05) is 0 Å². The van der Waals surface area contributed by atoms with Gasteiger partial charge in [-0.05, 0) is 74.7 Å². The summed E-state index contributed by atoms with van der Waals surface area (Å²) in [5, 5.41) is 8.14. The molecule has 5 nitrogen and oxygen atoms in total. The van der Waals surface area contributed by atoms with Gasteiger partial charge < -0.3 is 14.9 Å². The van der Waals surface area contributed by atoms with Crippen LogP contribution in [0.2, 0.25) is 0 Å². The van der Waals surface area contributed by atoms with E-state index in [-0.39, 0.29) is 0 Å². The standard InChI is InChI=1S/C19H24N2O.C6H12O2/c22-19-16-6-2-4-14-3-1-5-15(18(14)16)11-21(19)17-12-20-9-7-13(17)8-10-20;1-2-3-4-5-6(7)8/h2,4,6,13,15,17H,1,3,5,7-12H2;2-5H2,1H3,(H,7,8)/t15-,17-;/m1./s1. The maximum absolute atomic E-state index is 13.1. The van der Waals surface area contributed by atoms with Gasteiger partial charge in [-0.15, -0.1) is 0 Å². The molecule has 3 fully saturated rings. The third kappa shape index (κ3) is 4.41. The lowest BCUT2D eigenvalue weighted by atomic mass is 9.75. The van der Waals surface area contributed by atoms with Crippen molar-refractivity contribution in [1.29, 1.82) is 0 Å². The molecule has 5 aliphatic rings. The van der Waals surface area contributed by atoms with E-state index in [1.165, 1.54) is 49.9 Å². The minimum atomic E-state index is -0.682. The lowest BCUT2D eigenvalue weighted by Crippen LogP contribution is -2.60. The number of benzene rings is 1. The van der Waals surface area contributed by atoms with Gasteiger partial charge in [-0.3, -0.25) is 9.59 Å². The molecule has 1 aromatic carbocycles. The first-order valence-electron chi connectivity index (χ1n) is 12.0. The van der Waals surface area contributed by atoms with Crippen LogP contribution in [-0.2, 0) is 11.2 Å². The molecule has 164 valence electrons. The number of carboxylic acids is 1. The largest absolute Gasteiger partial charge is 0.481 e. The molecule has 1 amide bonds. The Kier molecular flexibility index (Phi) is 6.77. The summed E-state index contributed by atoms with van der Waals surface area (Å²) in [5.74, 6) is 0.961. The van der Waals surface area contributed by atoms with E-state index >= 15 is 0 Å². The molecule has 0 saturated carbocycles. The molecule has 1 N–H and O–H groups in total. The molecular formula is C25H36N2O3. The van der Waals surface area contributed by atoms with Gasteiger partial charge in [0.25, 0.3) is 5.91 Å². The highest BCUT2D eigenvalue weighted by molar-refractivity contribution is 5.98. The van der Waals surface area contributed by atoms with Gasteiger partial charge in [-0.1, -0.05) is 31.9 Å². The van der Waals surface area contributed by atoms with Crippen molar-refractivity contribution < 1.29 is 14.7 Å². The Labute approximate surface area is 180 Å². The maximum Gasteiger partial charge on any atom is 0.303 e. The summed E-state index contributed by atoms with van der Waals surface area (Å²) in [5.41, 5.74) is 3.86. The highest BCUT2D eigenvalue weighted by Crippen LogP contribution is 2.41. The van der Waals surface area contributed by atoms with Crippen LogP contribution in [0.3, 0.4) is 0 Å². The number of aryl methyl sites for hydroxylation is 1. The summed E-state index contributed by atoms with van der Waals surface area (Å²) in [4.78, 5) is 27.8. The molecule has 2 atom stereocenters. The van der Waals surface area contributed by atoms with Crippen molar-refractivity contribution >= 4 is 11.9 Å². The number of carbonyl (C=O) groups excluding carboxylic acids is 1. The van der Waals surface area contributed by atoms with E-state index in [9.17, 15) is 9.59 Å². The average Bonchev–Trinajstić information content (AvgIpc) is 2.77. The Hall–Kier alpha value is -1.88. The topological polar surface area (TPSA) is 60.9 Å². The molecule has 0 spiro atoms. The van der Waals surface area contributed by atoms with E-state index in [2.05, 4.69) is 34.9 Å². The second-order valence-electron chi connectivity index (χ2n) is 9.48.